The molecule has 0 aromatic carbocycles. The van der Waals surface area contributed by atoms with Gasteiger partial charge in [-0.25, -0.2) is 15.0 Å². The van der Waals surface area contributed by atoms with Crippen molar-refractivity contribution in [3.05, 3.63) is 39.7 Å². The minimum atomic E-state index is -0.483. The van der Waals surface area contributed by atoms with E-state index in [1.54, 1.807) is 13.1 Å². The number of nitrogen functional groups attached to an aromatic ring is 1. The molecule has 0 aliphatic rings. The van der Waals surface area contributed by atoms with Crippen LogP contribution in [0.4, 0.5) is 11.6 Å². The Balaban J connectivity index is 2.47. The fourth-order valence-corrected chi connectivity index (χ4v) is 1.96. The fraction of sp³-hybridized carbons (Fsp3) is 0.364. The van der Waals surface area contributed by atoms with Gasteiger partial charge in [-0.05, 0) is 13.8 Å². The van der Waals surface area contributed by atoms with Gasteiger partial charge in [0.2, 0.25) is 5.95 Å². The zero-order valence-electron chi connectivity index (χ0n) is 10.7. The predicted molar refractivity (Wildman–Crippen MR) is 68.5 cm³/mol. The molecule has 2 rings (SSSR count). The molecule has 0 saturated carbocycles. The van der Waals surface area contributed by atoms with Crippen LogP contribution in [0.5, 0.6) is 0 Å². The highest BCUT2D eigenvalue weighted by atomic mass is 16.6. The van der Waals surface area contributed by atoms with Gasteiger partial charge in [-0.1, -0.05) is 0 Å². The van der Waals surface area contributed by atoms with Gasteiger partial charge in [-0.2, -0.15) is 0 Å². The van der Waals surface area contributed by atoms with E-state index in [4.69, 9.17) is 5.73 Å². The van der Waals surface area contributed by atoms with Gasteiger partial charge < -0.3 is 10.3 Å². The lowest BCUT2D eigenvalue weighted by atomic mass is 10.2. The van der Waals surface area contributed by atoms with E-state index in [0.29, 0.717) is 5.82 Å². The molecule has 0 atom stereocenters. The van der Waals surface area contributed by atoms with Crippen molar-refractivity contribution in [3.63, 3.8) is 0 Å². The molecule has 0 unspecified atom stereocenters. The van der Waals surface area contributed by atoms with E-state index in [9.17, 15) is 10.1 Å². The highest BCUT2D eigenvalue weighted by molar-refractivity contribution is 5.44. The second-order valence-corrected chi connectivity index (χ2v) is 4.03. The van der Waals surface area contributed by atoms with Crippen LogP contribution in [-0.2, 0) is 13.0 Å². The number of anilines is 1. The number of aryl methyl sites for hydroxylation is 2. The SMILES string of the molecule is CCn1ccnc1Cc1nc(N)nc(C)c1[N+](=O)[O-]. The molecule has 100 valence electrons. The lowest BCUT2D eigenvalue weighted by Gasteiger charge is -2.07. The summed E-state index contributed by atoms with van der Waals surface area (Å²) in [5.74, 6) is 0.746. The quantitative estimate of drug-likeness (QED) is 0.651. The number of aromatic nitrogens is 4. The van der Waals surface area contributed by atoms with Crippen LogP contribution in [-0.4, -0.2) is 24.4 Å². The Morgan fingerprint density at radius 3 is 2.84 bits per heavy atom. The Labute approximate surface area is 109 Å². The minimum Gasteiger partial charge on any atom is -0.368 e. The van der Waals surface area contributed by atoms with Crippen LogP contribution in [0.3, 0.4) is 0 Å². The van der Waals surface area contributed by atoms with Crippen LogP contribution in [0.25, 0.3) is 0 Å². The first-order chi connectivity index (χ1) is 9.02. The van der Waals surface area contributed by atoms with Crippen molar-refractivity contribution < 1.29 is 4.92 Å². The molecule has 8 heteroatoms. The van der Waals surface area contributed by atoms with Gasteiger partial charge in [-0.15, -0.1) is 0 Å². The fourth-order valence-electron chi connectivity index (χ4n) is 1.96. The average molecular weight is 262 g/mol. The summed E-state index contributed by atoms with van der Waals surface area (Å²) >= 11 is 0. The van der Waals surface area contributed by atoms with Crippen molar-refractivity contribution in [1.29, 1.82) is 0 Å². The normalized spacial score (nSPS) is 10.6. The van der Waals surface area contributed by atoms with Gasteiger partial charge in [0, 0.05) is 18.9 Å². The zero-order valence-corrected chi connectivity index (χ0v) is 10.7. The number of hydrogen-bond acceptors (Lipinski definition) is 6. The summed E-state index contributed by atoms with van der Waals surface area (Å²) in [6.45, 7) is 4.26. The van der Waals surface area contributed by atoms with Crippen molar-refractivity contribution >= 4 is 11.6 Å². The summed E-state index contributed by atoms with van der Waals surface area (Å²) in [5, 5.41) is 11.1. The largest absolute Gasteiger partial charge is 0.368 e. The summed E-state index contributed by atoms with van der Waals surface area (Å²) in [5.41, 5.74) is 6.01. The average Bonchev–Trinajstić information content (AvgIpc) is 2.74. The van der Waals surface area contributed by atoms with E-state index in [1.165, 1.54) is 0 Å². The van der Waals surface area contributed by atoms with Crippen LogP contribution in [0.2, 0.25) is 0 Å². The third kappa shape index (κ3) is 2.51. The molecular weight excluding hydrogens is 248 g/mol. The lowest BCUT2D eigenvalue weighted by Crippen LogP contribution is -2.10. The van der Waals surface area contributed by atoms with Crippen molar-refractivity contribution in [2.75, 3.05) is 5.73 Å². The first kappa shape index (κ1) is 12.9. The molecule has 0 saturated heterocycles. The molecule has 0 amide bonds. The second-order valence-electron chi connectivity index (χ2n) is 4.03. The van der Waals surface area contributed by atoms with Crippen molar-refractivity contribution in [2.45, 2.75) is 26.8 Å². The first-order valence-electron chi connectivity index (χ1n) is 5.80. The molecule has 2 aromatic rings. The van der Waals surface area contributed by atoms with Crippen molar-refractivity contribution in [2.24, 2.45) is 0 Å². The number of nitrogens with zero attached hydrogens (tertiary/aromatic N) is 5. The van der Waals surface area contributed by atoms with Crippen LogP contribution >= 0.6 is 0 Å². The van der Waals surface area contributed by atoms with Crippen molar-refractivity contribution in [3.8, 4) is 0 Å². The van der Waals surface area contributed by atoms with Gasteiger partial charge in [-0.3, -0.25) is 10.1 Å². The van der Waals surface area contributed by atoms with E-state index >= 15 is 0 Å². The van der Waals surface area contributed by atoms with E-state index in [2.05, 4.69) is 15.0 Å². The van der Waals surface area contributed by atoms with Gasteiger partial charge in [0.1, 0.15) is 17.2 Å². The molecule has 2 aromatic heterocycles. The minimum absolute atomic E-state index is 0.0349. The third-order valence-electron chi connectivity index (χ3n) is 2.80. The molecular formula is C11H14N6O2. The maximum Gasteiger partial charge on any atom is 0.312 e. The highest BCUT2D eigenvalue weighted by Gasteiger charge is 2.22. The van der Waals surface area contributed by atoms with Gasteiger partial charge in [0.25, 0.3) is 0 Å². The summed E-state index contributed by atoms with van der Waals surface area (Å²) < 4.78 is 1.90. The maximum absolute atomic E-state index is 11.1. The highest BCUT2D eigenvalue weighted by Crippen LogP contribution is 2.23. The van der Waals surface area contributed by atoms with E-state index < -0.39 is 4.92 Å². The number of nitrogens with two attached hydrogens (primary N) is 1. The lowest BCUT2D eigenvalue weighted by molar-refractivity contribution is -0.386. The molecule has 0 bridgehead atoms. The molecule has 19 heavy (non-hydrogen) atoms. The molecule has 0 aliphatic carbocycles. The Hall–Kier alpha value is -2.51. The topological polar surface area (TPSA) is 113 Å². The van der Waals surface area contributed by atoms with E-state index in [0.717, 1.165) is 6.54 Å². The van der Waals surface area contributed by atoms with E-state index in [-0.39, 0.29) is 29.4 Å². The molecule has 2 heterocycles. The van der Waals surface area contributed by atoms with Crippen LogP contribution in [0.15, 0.2) is 12.4 Å². The molecule has 2 N–H and O–H groups in total. The molecule has 8 nitrogen and oxygen atoms in total. The first-order valence-corrected chi connectivity index (χ1v) is 5.80. The Morgan fingerprint density at radius 2 is 2.21 bits per heavy atom. The van der Waals surface area contributed by atoms with Crippen LogP contribution in [0.1, 0.15) is 24.1 Å². The monoisotopic (exact) mass is 262 g/mol. The van der Waals surface area contributed by atoms with Crippen LogP contribution < -0.4 is 5.73 Å². The van der Waals surface area contributed by atoms with Crippen LogP contribution in [0, 0.1) is 17.0 Å². The number of nitro groups is 1. The number of rotatable bonds is 4. The Morgan fingerprint density at radius 1 is 1.47 bits per heavy atom. The second kappa shape index (κ2) is 5.01. The number of imidazole rings is 1. The summed E-state index contributed by atoms with van der Waals surface area (Å²) in [4.78, 5) is 22.6. The standard InChI is InChI=1S/C11H14N6O2/c1-3-16-5-4-13-9(16)6-8-10(17(18)19)7(2)14-11(12)15-8/h4-5H,3,6H2,1-2H3,(H2,12,14,15). The summed E-state index contributed by atoms with van der Waals surface area (Å²) in [7, 11) is 0. The number of hydrogen-bond donors (Lipinski definition) is 1. The molecule has 0 radical (unpaired) electrons. The molecule has 0 spiro atoms. The predicted octanol–water partition coefficient (Wildman–Crippen LogP) is 1.08. The van der Waals surface area contributed by atoms with Gasteiger partial charge >= 0.3 is 5.69 Å². The molecule has 0 aliphatic heterocycles. The summed E-state index contributed by atoms with van der Waals surface area (Å²) in [6.07, 6.45) is 3.73. The third-order valence-corrected chi connectivity index (χ3v) is 2.80. The maximum atomic E-state index is 11.1. The summed E-state index contributed by atoms with van der Waals surface area (Å²) in [6, 6.07) is 0. The Kier molecular flexibility index (Phi) is 3.41. The van der Waals surface area contributed by atoms with Crippen molar-refractivity contribution in [1.82, 2.24) is 19.5 Å². The smallest absolute Gasteiger partial charge is 0.312 e. The van der Waals surface area contributed by atoms with Gasteiger partial charge in [0.15, 0.2) is 0 Å². The molecule has 0 fully saturated rings. The van der Waals surface area contributed by atoms with E-state index in [1.807, 2.05) is 17.7 Å². The Bertz CT molecular complexity index is 622. The zero-order chi connectivity index (χ0) is 14.0. The van der Waals surface area contributed by atoms with Gasteiger partial charge in [0.05, 0.1) is 11.3 Å².